The molecule has 1 amide bonds. The number of hydrogen-bond donors (Lipinski definition) is 2. The molecule has 7 heteroatoms. The molecule has 0 aliphatic rings. The number of benzene rings is 1. The van der Waals surface area contributed by atoms with Crippen LogP contribution in [0, 0.1) is 5.82 Å². The molecular formula is C14H14ClFN4O. The minimum Gasteiger partial charge on any atom is -0.369 e. The van der Waals surface area contributed by atoms with Gasteiger partial charge in [-0.3, -0.25) is 9.78 Å². The highest BCUT2D eigenvalue weighted by Gasteiger charge is 2.10. The van der Waals surface area contributed by atoms with Crippen LogP contribution in [0.2, 0.25) is 5.02 Å². The monoisotopic (exact) mass is 308 g/mol. The van der Waals surface area contributed by atoms with Crippen molar-refractivity contribution in [1.29, 1.82) is 0 Å². The third-order valence-corrected chi connectivity index (χ3v) is 2.76. The number of halogens is 2. The maximum Gasteiger partial charge on any atom is 0.275 e. The van der Waals surface area contributed by atoms with Gasteiger partial charge in [0.1, 0.15) is 17.3 Å². The van der Waals surface area contributed by atoms with Gasteiger partial charge in [0.05, 0.1) is 12.4 Å². The van der Waals surface area contributed by atoms with Gasteiger partial charge >= 0.3 is 0 Å². The van der Waals surface area contributed by atoms with Gasteiger partial charge in [0.15, 0.2) is 0 Å². The number of nitrogens with zero attached hydrogens (tertiary/aromatic N) is 2. The SMILES string of the molecule is CCCNc1cncc(C(=O)Nc2cc(F)cc(Cl)c2)n1. The van der Waals surface area contributed by atoms with E-state index in [0.29, 0.717) is 5.82 Å². The molecule has 0 atom stereocenters. The first-order valence-corrected chi connectivity index (χ1v) is 6.79. The van der Waals surface area contributed by atoms with E-state index in [-0.39, 0.29) is 16.4 Å². The summed E-state index contributed by atoms with van der Waals surface area (Å²) >= 11 is 5.73. The zero-order valence-electron chi connectivity index (χ0n) is 11.4. The lowest BCUT2D eigenvalue weighted by molar-refractivity contribution is 0.102. The lowest BCUT2D eigenvalue weighted by atomic mass is 10.3. The van der Waals surface area contributed by atoms with Crippen molar-refractivity contribution in [1.82, 2.24) is 9.97 Å². The third kappa shape index (κ3) is 4.39. The van der Waals surface area contributed by atoms with Crippen molar-refractivity contribution >= 4 is 29.0 Å². The standard InChI is InChI=1S/C14H14ClFN4O/c1-2-3-18-13-8-17-7-12(20-13)14(21)19-11-5-9(15)4-10(16)6-11/h4-8H,2-3H2,1H3,(H,18,20)(H,19,21). The van der Waals surface area contributed by atoms with Crippen LogP contribution in [0.5, 0.6) is 0 Å². The second-order valence-corrected chi connectivity index (χ2v) is 4.77. The molecule has 2 aromatic rings. The molecule has 0 fully saturated rings. The number of carbonyl (C=O) groups is 1. The lowest BCUT2D eigenvalue weighted by Crippen LogP contribution is -2.15. The van der Waals surface area contributed by atoms with Gasteiger partial charge in [0.2, 0.25) is 0 Å². The van der Waals surface area contributed by atoms with Gasteiger partial charge in [-0.05, 0) is 24.6 Å². The molecule has 110 valence electrons. The largest absolute Gasteiger partial charge is 0.369 e. The van der Waals surface area contributed by atoms with Crippen molar-refractivity contribution in [2.45, 2.75) is 13.3 Å². The highest BCUT2D eigenvalue weighted by atomic mass is 35.5. The molecule has 1 aromatic carbocycles. The summed E-state index contributed by atoms with van der Waals surface area (Å²) in [4.78, 5) is 20.1. The van der Waals surface area contributed by atoms with Crippen molar-refractivity contribution in [2.75, 3.05) is 17.2 Å². The lowest BCUT2D eigenvalue weighted by Gasteiger charge is -2.07. The fourth-order valence-electron chi connectivity index (χ4n) is 1.63. The zero-order chi connectivity index (χ0) is 15.2. The van der Waals surface area contributed by atoms with Crippen molar-refractivity contribution in [3.05, 3.63) is 47.1 Å². The molecule has 2 N–H and O–H groups in total. The Morgan fingerprint density at radius 2 is 2.14 bits per heavy atom. The molecule has 0 spiro atoms. The Morgan fingerprint density at radius 3 is 2.86 bits per heavy atom. The van der Waals surface area contributed by atoms with E-state index in [9.17, 15) is 9.18 Å². The summed E-state index contributed by atoms with van der Waals surface area (Å²) in [5, 5.41) is 5.77. The topological polar surface area (TPSA) is 66.9 Å². The van der Waals surface area contributed by atoms with Gasteiger partial charge in [-0.15, -0.1) is 0 Å². The van der Waals surface area contributed by atoms with Crippen LogP contribution in [0.3, 0.4) is 0 Å². The molecule has 5 nitrogen and oxygen atoms in total. The smallest absolute Gasteiger partial charge is 0.275 e. The average Bonchev–Trinajstić information content (AvgIpc) is 2.44. The Labute approximate surface area is 126 Å². The minimum absolute atomic E-state index is 0.136. The Hall–Kier alpha value is -2.21. The van der Waals surface area contributed by atoms with E-state index in [1.165, 1.54) is 24.5 Å². The van der Waals surface area contributed by atoms with Gasteiger partial charge < -0.3 is 10.6 Å². The van der Waals surface area contributed by atoms with E-state index in [1.807, 2.05) is 6.92 Å². The maximum absolute atomic E-state index is 13.2. The summed E-state index contributed by atoms with van der Waals surface area (Å²) in [5.41, 5.74) is 0.398. The Morgan fingerprint density at radius 1 is 1.33 bits per heavy atom. The van der Waals surface area contributed by atoms with Crippen molar-refractivity contribution in [3.63, 3.8) is 0 Å². The van der Waals surface area contributed by atoms with Crippen molar-refractivity contribution in [2.24, 2.45) is 0 Å². The molecular weight excluding hydrogens is 295 g/mol. The van der Waals surface area contributed by atoms with E-state index < -0.39 is 11.7 Å². The van der Waals surface area contributed by atoms with Crippen LogP contribution in [-0.2, 0) is 0 Å². The molecule has 0 aliphatic carbocycles. The van der Waals surface area contributed by atoms with Crippen molar-refractivity contribution in [3.8, 4) is 0 Å². The van der Waals surface area contributed by atoms with Crippen LogP contribution < -0.4 is 10.6 Å². The summed E-state index contributed by atoms with van der Waals surface area (Å²) in [7, 11) is 0. The molecule has 0 aliphatic heterocycles. The van der Waals surface area contributed by atoms with Crippen LogP contribution in [0.25, 0.3) is 0 Å². The maximum atomic E-state index is 13.2. The first-order chi connectivity index (χ1) is 10.1. The number of aromatic nitrogens is 2. The van der Waals surface area contributed by atoms with Gasteiger partial charge in [0.25, 0.3) is 5.91 Å². The summed E-state index contributed by atoms with van der Waals surface area (Å²) in [5.74, 6) is -0.492. The summed E-state index contributed by atoms with van der Waals surface area (Å²) in [6.45, 7) is 2.75. The molecule has 0 saturated heterocycles. The molecule has 0 unspecified atom stereocenters. The highest BCUT2D eigenvalue weighted by molar-refractivity contribution is 6.31. The van der Waals surface area contributed by atoms with Crippen LogP contribution >= 0.6 is 11.6 Å². The van der Waals surface area contributed by atoms with Crippen molar-refractivity contribution < 1.29 is 9.18 Å². The summed E-state index contributed by atoms with van der Waals surface area (Å²) in [6, 6.07) is 3.79. The molecule has 0 saturated carbocycles. The fourth-order valence-corrected chi connectivity index (χ4v) is 1.86. The minimum atomic E-state index is -0.526. The van der Waals surface area contributed by atoms with E-state index in [4.69, 9.17) is 11.6 Å². The van der Waals surface area contributed by atoms with Gasteiger partial charge in [-0.1, -0.05) is 18.5 Å². The second-order valence-electron chi connectivity index (χ2n) is 4.33. The number of carbonyl (C=O) groups excluding carboxylic acids is 1. The molecule has 1 aromatic heterocycles. The highest BCUT2D eigenvalue weighted by Crippen LogP contribution is 2.18. The number of anilines is 2. The molecule has 0 radical (unpaired) electrons. The first kappa shape index (κ1) is 15.2. The fraction of sp³-hybridized carbons (Fsp3) is 0.214. The Bertz CT molecular complexity index is 630. The summed E-state index contributed by atoms with van der Waals surface area (Å²) in [6.07, 6.45) is 3.80. The van der Waals surface area contributed by atoms with Crippen LogP contribution in [0.15, 0.2) is 30.6 Å². The Kier molecular flexibility index (Phi) is 5.05. The van der Waals surface area contributed by atoms with Crippen LogP contribution in [0.1, 0.15) is 23.8 Å². The quantitative estimate of drug-likeness (QED) is 0.889. The zero-order valence-corrected chi connectivity index (χ0v) is 12.1. The predicted octanol–water partition coefficient (Wildman–Crippen LogP) is 3.34. The normalized spacial score (nSPS) is 10.2. The third-order valence-electron chi connectivity index (χ3n) is 2.54. The molecule has 2 rings (SSSR count). The number of nitrogens with one attached hydrogen (secondary N) is 2. The first-order valence-electron chi connectivity index (χ1n) is 6.42. The molecule has 21 heavy (non-hydrogen) atoms. The van der Waals surface area contributed by atoms with E-state index >= 15 is 0 Å². The van der Waals surface area contributed by atoms with Gasteiger partial charge in [-0.2, -0.15) is 0 Å². The van der Waals surface area contributed by atoms with Gasteiger partial charge in [0, 0.05) is 17.3 Å². The van der Waals surface area contributed by atoms with Gasteiger partial charge in [-0.25, -0.2) is 9.37 Å². The number of amides is 1. The summed E-state index contributed by atoms with van der Waals surface area (Å²) < 4.78 is 13.2. The van der Waals surface area contributed by atoms with E-state index in [2.05, 4.69) is 20.6 Å². The molecule has 1 heterocycles. The van der Waals surface area contributed by atoms with Crippen LogP contribution in [-0.4, -0.2) is 22.4 Å². The van der Waals surface area contributed by atoms with E-state index in [0.717, 1.165) is 19.0 Å². The predicted molar refractivity (Wildman–Crippen MR) is 80.2 cm³/mol. The molecule has 0 bridgehead atoms. The Balaban J connectivity index is 2.12. The number of hydrogen-bond acceptors (Lipinski definition) is 4. The van der Waals surface area contributed by atoms with Crippen LogP contribution in [0.4, 0.5) is 15.9 Å². The average molecular weight is 309 g/mol. The van der Waals surface area contributed by atoms with E-state index in [1.54, 1.807) is 0 Å². The number of rotatable bonds is 5. The second kappa shape index (κ2) is 6.99.